The summed E-state index contributed by atoms with van der Waals surface area (Å²) in [4.78, 5) is 19.6. The van der Waals surface area contributed by atoms with Gasteiger partial charge in [0.15, 0.2) is 9.84 Å². The van der Waals surface area contributed by atoms with Gasteiger partial charge in [0.2, 0.25) is 0 Å². The van der Waals surface area contributed by atoms with Gasteiger partial charge in [0.1, 0.15) is 0 Å². The number of hydrogen-bond donors (Lipinski definition) is 0. The normalized spacial score (nSPS) is 22.4. The van der Waals surface area contributed by atoms with Gasteiger partial charge in [-0.25, -0.2) is 8.42 Å². The van der Waals surface area contributed by atoms with Crippen LogP contribution in [0.4, 0.5) is 0 Å². The highest BCUT2D eigenvalue weighted by atomic mass is 32.2. The molecular formula is C20H24N2O3S3. The van der Waals surface area contributed by atoms with Crippen LogP contribution in [0, 0.1) is 0 Å². The summed E-state index contributed by atoms with van der Waals surface area (Å²) in [5, 5.41) is 2.07. The molecule has 3 heterocycles. The summed E-state index contributed by atoms with van der Waals surface area (Å²) < 4.78 is 23.5. The van der Waals surface area contributed by atoms with Gasteiger partial charge >= 0.3 is 0 Å². The first kappa shape index (κ1) is 19.9. The van der Waals surface area contributed by atoms with E-state index >= 15 is 0 Å². The number of thioether (sulfide) groups is 1. The fourth-order valence-corrected chi connectivity index (χ4v) is 7.42. The Morgan fingerprint density at radius 2 is 1.89 bits per heavy atom. The second-order valence-corrected chi connectivity index (χ2v) is 11.5. The first-order valence-corrected chi connectivity index (χ1v) is 13.2. The molecule has 0 N–H and O–H groups in total. The molecule has 1 aromatic carbocycles. The Balaban J connectivity index is 1.37. The molecule has 2 aliphatic heterocycles. The van der Waals surface area contributed by atoms with Crippen LogP contribution in [-0.4, -0.2) is 67.9 Å². The van der Waals surface area contributed by atoms with Gasteiger partial charge in [-0.1, -0.05) is 18.2 Å². The SMILES string of the molecule is O=C(c1ccccc1SCc1cccs1)N1CCN([C@@H]2CCS(=O)(=O)C2)CC1. The van der Waals surface area contributed by atoms with Crippen LogP contribution in [0.1, 0.15) is 21.7 Å². The summed E-state index contributed by atoms with van der Waals surface area (Å²) in [6, 6.07) is 12.1. The first-order chi connectivity index (χ1) is 13.5. The molecule has 4 rings (SSSR count). The maximum Gasteiger partial charge on any atom is 0.255 e. The predicted octanol–water partition coefficient (Wildman–Crippen LogP) is 2.99. The number of piperazine rings is 1. The fourth-order valence-electron chi connectivity index (χ4n) is 3.84. The van der Waals surface area contributed by atoms with Gasteiger partial charge in [0.25, 0.3) is 5.91 Å². The molecule has 2 saturated heterocycles. The molecule has 2 aliphatic rings. The number of sulfone groups is 1. The van der Waals surface area contributed by atoms with Gasteiger partial charge in [0.05, 0.1) is 17.1 Å². The highest BCUT2D eigenvalue weighted by Crippen LogP contribution is 2.29. The van der Waals surface area contributed by atoms with Crippen LogP contribution < -0.4 is 0 Å². The molecule has 1 atom stereocenters. The fraction of sp³-hybridized carbons (Fsp3) is 0.450. The third-order valence-corrected chi connectivity index (χ3v) is 9.33. The topological polar surface area (TPSA) is 57.7 Å². The van der Waals surface area contributed by atoms with Gasteiger partial charge in [0, 0.05) is 47.7 Å². The Kier molecular flexibility index (Phi) is 6.10. The maximum absolute atomic E-state index is 13.1. The zero-order valence-corrected chi connectivity index (χ0v) is 18.1. The van der Waals surface area contributed by atoms with E-state index in [1.807, 2.05) is 35.2 Å². The number of carbonyl (C=O) groups excluding carboxylic acids is 1. The highest BCUT2D eigenvalue weighted by Gasteiger charge is 2.34. The van der Waals surface area contributed by atoms with Gasteiger partial charge in [-0.05, 0) is 30.0 Å². The van der Waals surface area contributed by atoms with Crippen molar-refractivity contribution in [3.05, 3.63) is 52.2 Å². The Morgan fingerprint density at radius 3 is 2.57 bits per heavy atom. The van der Waals surface area contributed by atoms with Crippen molar-refractivity contribution in [2.45, 2.75) is 23.1 Å². The molecular weight excluding hydrogens is 412 g/mol. The lowest BCUT2D eigenvalue weighted by atomic mass is 10.1. The monoisotopic (exact) mass is 436 g/mol. The number of nitrogens with zero attached hydrogens (tertiary/aromatic N) is 2. The Bertz CT molecular complexity index is 920. The summed E-state index contributed by atoms with van der Waals surface area (Å²) in [5.74, 6) is 1.51. The van der Waals surface area contributed by atoms with Gasteiger partial charge in [-0.15, -0.1) is 23.1 Å². The van der Waals surface area contributed by atoms with Crippen LogP contribution in [-0.2, 0) is 15.6 Å². The van der Waals surface area contributed by atoms with E-state index < -0.39 is 9.84 Å². The molecule has 150 valence electrons. The van der Waals surface area contributed by atoms with Crippen LogP contribution in [0.25, 0.3) is 0 Å². The van der Waals surface area contributed by atoms with Gasteiger partial charge in [-0.3, -0.25) is 9.69 Å². The van der Waals surface area contributed by atoms with Crippen molar-refractivity contribution in [1.82, 2.24) is 9.80 Å². The number of thiophene rings is 1. The molecule has 1 aromatic heterocycles. The highest BCUT2D eigenvalue weighted by molar-refractivity contribution is 7.98. The number of benzene rings is 1. The van der Waals surface area contributed by atoms with Gasteiger partial charge in [-0.2, -0.15) is 0 Å². The number of amides is 1. The van der Waals surface area contributed by atoms with Crippen LogP contribution in [0.5, 0.6) is 0 Å². The van der Waals surface area contributed by atoms with E-state index in [0.29, 0.717) is 18.8 Å². The largest absolute Gasteiger partial charge is 0.336 e. The number of hydrogen-bond acceptors (Lipinski definition) is 6. The molecule has 0 saturated carbocycles. The molecule has 0 spiro atoms. The van der Waals surface area contributed by atoms with Crippen molar-refractivity contribution in [3.8, 4) is 0 Å². The van der Waals surface area contributed by atoms with Crippen molar-refractivity contribution in [2.75, 3.05) is 37.7 Å². The smallest absolute Gasteiger partial charge is 0.255 e. The molecule has 0 unspecified atom stereocenters. The molecule has 2 aromatic rings. The second-order valence-electron chi connectivity index (χ2n) is 7.25. The number of rotatable bonds is 5. The van der Waals surface area contributed by atoms with Crippen LogP contribution in [0.3, 0.4) is 0 Å². The van der Waals surface area contributed by atoms with Crippen LogP contribution in [0.15, 0.2) is 46.7 Å². The third-order valence-electron chi connectivity index (χ3n) is 5.39. The zero-order valence-electron chi connectivity index (χ0n) is 15.6. The second kappa shape index (κ2) is 8.57. The van der Waals surface area contributed by atoms with Gasteiger partial charge < -0.3 is 4.90 Å². The lowest BCUT2D eigenvalue weighted by Gasteiger charge is -2.37. The lowest BCUT2D eigenvalue weighted by Crippen LogP contribution is -2.52. The summed E-state index contributed by atoms with van der Waals surface area (Å²) in [7, 11) is -2.87. The quantitative estimate of drug-likeness (QED) is 0.675. The Labute approximate surface area is 174 Å². The van der Waals surface area contributed by atoms with E-state index in [9.17, 15) is 13.2 Å². The first-order valence-electron chi connectivity index (χ1n) is 9.50. The molecule has 0 radical (unpaired) electrons. The van der Waals surface area contributed by atoms with E-state index in [1.54, 1.807) is 23.1 Å². The lowest BCUT2D eigenvalue weighted by molar-refractivity contribution is 0.0584. The maximum atomic E-state index is 13.1. The minimum atomic E-state index is -2.87. The molecule has 1 amide bonds. The zero-order chi connectivity index (χ0) is 19.6. The molecule has 28 heavy (non-hydrogen) atoms. The Hall–Kier alpha value is -1.35. The van der Waals surface area contributed by atoms with E-state index in [1.165, 1.54) is 4.88 Å². The van der Waals surface area contributed by atoms with Crippen molar-refractivity contribution >= 4 is 38.8 Å². The summed E-state index contributed by atoms with van der Waals surface area (Å²) in [5.41, 5.74) is 0.765. The average molecular weight is 437 g/mol. The van der Waals surface area contributed by atoms with Crippen molar-refractivity contribution in [1.29, 1.82) is 0 Å². The average Bonchev–Trinajstić information content (AvgIpc) is 3.35. The van der Waals surface area contributed by atoms with Crippen molar-refractivity contribution < 1.29 is 13.2 Å². The minimum absolute atomic E-state index is 0.0768. The standard InChI is InChI=1S/C20H24N2O3S3/c23-20(18-5-1-2-6-19(18)27-14-17-4-3-12-26-17)22-10-8-21(9-11-22)16-7-13-28(24,25)15-16/h1-6,12,16H,7-11,13-15H2/t16-/m1/s1. The van der Waals surface area contributed by atoms with E-state index in [0.717, 1.165) is 35.7 Å². The van der Waals surface area contributed by atoms with Crippen molar-refractivity contribution in [2.24, 2.45) is 0 Å². The van der Waals surface area contributed by atoms with Crippen LogP contribution >= 0.6 is 23.1 Å². The summed E-state index contributed by atoms with van der Waals surface area (Å²) >= 11 is 3.44. The predicted molar refractivity (Wildman–Crippen MR) is 115 cm³/mol. The van der Waals surface area contributed by atoms with Crippen molar-refractivity contribution in [3.63, 3.8) is 0 Å². The summed E-state index contributed by atoms with van der Waals surface area (Å²) in [6.45, 7) is 2.80. The number of carbonyl (C=O) groups is 1. The Morgan fingerprint density at radius 1 is 1.11 bits per heavy atom. The molecule has 8 heteroatoms. The molecule has 0 aliphatic carbocycles. The van der Waals surface area contributed by atoms with E-state index in [-0.39, 0.29) is 17.7 Å². The van der Waals surface area contributed by atoms with E-state index in [4.69, 9.17) is 0 Å². The molecule has 2 fully saturated rings. The van der Waals surface area contributed by atoms with E-state index in [2.05, 4.69) is 16.3 Å². The molecule has 5 nitrogen and oxygen atoms in total. The summed E-state index contributed by atoms with van der Waals surface area (Å²) in [6.07, 6.45) is 0.721. The third kappa shape index (κ3) is 4.62. The molecule has 0 bridgehead atoms. The minimum Gasteiger partial charge on any atom is -0.336 e. The van der Waals surface area contributed by atoms with Crippen LogP contribution in [0.2, 0.25) is 0 Å².